The molecule has 4 heteroatoms. The van der Waals surface area contributed by atoms with Gasteiger partial charge in [0.05, 0.1) is 12.5 Å². The molecule has 1 amide bonds. The number of para-hydroxylation sites is 1. The van der Waals surface area contributed by atoms with Crippen molar-refractivity contribution in [2.75, 3.05) is 17.2 Å². The second-order valence-electron chi connectivity index (χ2n) is 4.77. The van der Waals surface area contributed by atoms with Crippen LogP contribution >= 0.6 is 0 Å². The van der Waals surface area contributed by atoms with Crippen LogP contribution in [0.5, 0.6) is 0 Å². The Morgan fingerprint density at radius 2 is 1.95 bits per heavy atom. The topological polar surface area (TPSA) is 70.1 Å². The highest BCUT2D eigenvalue weighted by Gasteiger charge is 2.19. The molecule has 0 spiro atoms. The normalized spacial score (nSPS) is 9.90. The number of hydrogen-bond acceptors (Lipinski definition) is 3. The number of carbonyl (C=O) groups excluding carboxylic acids is 1. The van der Waals surface area contributed by atoms with Crippen LogP contribution in [-0.2, 0) is 0 Å². The van der Waals surface area contributed by atoms with Crippen LogP contribution in [0.15, 0.2) is 48.5 Å². The number of carbonyl (C=O) groups is 1. The van der Waals surface area contributed by atoms with Gasteiger partial charge in [0.15, 0.2) is 0 Å². The van der Waals surface area contributed by atoms with Crippen molar-refractivity contribution in [3.8, 4) is 6.07 Å². The van der Waals surface area contributed by atoms with Crippen LogP contribution in [0.2, 0.25) is 0 Å². The molecule has 2 aromatic carbocycles. The first-order chi connectivity index (χ1) is 10.1. The highest BCUT2D eigenvalue weighted by atomic mass is 16.2. The van der Waals surface area contributed by atoms with Crippen molar-refractivity contribution in [3.05, 3.63) is 59.7 Å². The summed E-state index contributed by atoms with van der Waals surface area (Å²) in [6, 6.07) is 16.7. The van der Waals surface area contributed by atoms with Gasteiger partial charge in [-0.05, 0) is 36.8 Å². The molecule has 0 aromatic heterocycles. The van der Waals surface area contributed by atoms with Crippen LogP contribution in [0.1, 0.15) is 22.3 Å². The maximum Gasteiger partial charge on any atom is 0.258 e. The van der Waals surface area contributed by atoms with Gasteiger partial charge in [-0.25, -0.2) is 0 Å². The van der Waals surface area contributed by atoms with Crippen LogP contribution in [0.25, 0.3) is 0 Å². The second-order valence-corrected chi connectivity index (χ2v) is 4.77. The molecular formula is C17H17N3O. The molecule has 0 heterocycles. The number of anilines is 2. The second kappa shape index (κ2) is 6.58. The van der Waals surface area contributed by atoms with E-state index >= 15 is 0 Å². The van der Waals surface area contributed by atoms with Gasteiger partial charge in [0.25, 0.3) is 5.91 Å². The lowest BCUT2D eigenvalue weighted by atomic mass is 10.1. The molecule has 0 aliphatic carbocycles. The average molecular weight is 279 g/mol. The third kappa shape index (κ3) is 3.40. The number of aryl methyl sites for hydroxylation is 1. The van der Waals surface area contributed by atoms with Gasteiger partial charge in [-0.15, -0.1) is 0 Å². The van der Waals surface area contributed by atoms with Gasteiger partial charge in [-0.1, -0.05) is 24.3 Å². The lowest BCUT2D eigenvalue weighted by Crippen LogP contribution is -2.32. The van der Waals surface area contributed by atoms with Crippen molar-refractivity contribution in [1.82, 2.24) is 0 Å². The summed E-state index contributed by atoms with van der Waals surface area (Å²) in [4.78, 5) is 14.4. The van der Waals surface area contributed by atoms with Crippen molar-refractivity contribution in [3.63, 3.8) is 0 Å². The number of benzene rings is 2. The summed E-state index contributed by atoms with van der Waals surface area (Å²) in [5, 5.41) is 8.81. The van der Waals surface area contributed by atoms with E-state index in [9.17, 15) is 4.79 Å². The van der Waals surface area contributed by atoms with Gasteiger partial charge in [0.2, 0.25) is 0 Å². The van der Waals surface area contributed by atoms with Crippen molar-refractivity contribution < 1.29 is 4.79 Å². The van der Waals surface area contributed by atoms with Crippen LogP contribution in [0.4, 0.5) is 11.4 Å². The first kappa shape index (κ1) is 14.6. The van der Waals surface area contributed by atoms with E-state index in [1.165, 1.54) is 0 Å². The minimum Gasteiger partial charge on any atom is -0.399 e. The summed E-state index contributed by atoms with van der Waals surface area (Å²) in [5.74, 6) is -0.138. The van der Waals surface area contributed by atoms with E-state index in [2.05, 4.69) is 6.07 Å². The third-order valence-electron chi connectivity index (χ3n) is 3.25. The zero-order chi connectivity index (χ0) is 15.2. The molecule has 0 aliphatic heterocycles. The maximum absolute atomic E-state index is 12.8. The Bertz CT molecular complexity index is 674. The molecule has 2 rings (SSSR count). The van der Waals surface area contributed by atoms with Crippen molar-refractivity contribution in [2.45, 2.75) is 13.3 Å². The Hall–Kier alpha value is -2.80. The molecule has 0 unspecified atom stereocenters. The molecule has 0 radical (unpaired) electrons. The Balaban J connectivity index is 2.39. The maximum atomic E-state index is 12.8. The highest BCUT2D eigenvalue weighted by molar-refractivity contribution is 6.07. The van der Waals surface area contributed by atoms with E-state index in [-0.39, 0.29) is 12.3 Å². The van der Waals surface area contributed by atoms with Gasteiger partial charge in [-0.2, -0.15) is 5.26 Å². The highest BCUT2D eigenvalue weighted by Crippen LogP contribution is 2.20. The Labute approximate surface area is 124 Å². The summed E-state index contributed by atoms with van der Waals surface area (Å²) in [6.07, 6.45) is 0.280. The summed E-state index contributed by atoms with van der Waals surface area (Å²) >= 11 is 0. The largest absolute Gasteiger partial charge is 0.399 e. The smallest absolute Gasteiger partial charge is 0.258 e. The number of nitrogens with two attached hydrogens (primary N) is 1. The van der Waals surface area contributed by atoms with Gasteiger partial charge in [-0.3, -0.25) is 4.79 Å². The molecule has 21 heavy (non-hydrogen) atoms. The molecule has 0 aliphatic rings. The summed E-state index contributed by atoms with van der Waals surface area (Å²) in [6.45, 7) is 2.23. The van der Waals surface area contributed by atoms with Gasteiger partial charge < -0.3 is 10.6 Å². The SMILES string of the molecule is Cc1ccc(N)cc1C(=O)N(CCC#N)c1ccccc1. The van der Waals surface area contributed by atoms with E-state index in [1.54, 1.807) is 17.0 Å². The van der Waals surface area contributed by atoms with Crippen LogP contribution in [0.3, 0.4) is 0 Å². The summed E-state index contributed by atoms with van der Waals surface area (Å²) in [5.41, 5.74) is 8.55. The molecule has 0 bridgehead atoms. The third-order valence-corrected chi connectivity index (χ3v) is 3.25. The lowest BCUT2D eigenvalue weighted by Gasteiger charge is -2.23. The summed E-state index contributed by atoms with van der Waals surface area (Å²) < 4.78 is 0. The number of amides is 1. The van der Waals surface area contributed by atoms with Gasteiger partial charge in [0, 0.05) is 23.5 Å². The molecule has 2 aromatic rings. The van der Waals surface area contributed by atoms with Gasteiger partial charge in [0.1, 0.15) is 0 Å². The zero-order valence-corrected chi connectivity index (χ0v) is 11.9. The Kier molecular flexibility index (Phi) is 4.57. The van der Waals surface area contributed by atoms with Gasteiger partial charge >= 0.3 is 0 Å². The van der Waals surface area contributed by atoms with E-state index in [0.29, 0.717) is 17.8 Å². The monoisotopic (exact) mass is 279 g/mol. The average Bonchev–Trinajstić information content (AvgIpc) is 2.51. The van der Waals surface area contributed by atoms with E-state index in [1.807, 2.05) is 43.3 Å². The zero-order valence-electron chi connectivity index (χ0n) is 11.9. The van der Waals surface area contributed by atoms with Crippen molar-refractivity contribution in [2.24, 2.45) is 0 Å². The van der Waals surface area contributed by atoms with E-state index < -0.39 is 0 Å². The molecule has 4 nitrogen and oxygen atoms in total. The van der Waals surface area contributed by atoms with Crippen molar-refractivity contribution >= 4 is 17.3 Å². The van der Waals surface area contributed by atoms with E-state index in [0.717, 1.165) is 11.3 Å². The predicted molar refractivity (Wildman–Crippen MR) is 83.9 cm³/mol. The number of nitrogen functional groups attached to an aromatic ring is 1. The number of nitrogens with zero attached hydrogens (tertiary/aromatic N) is 2. The first-order valence-corrected chi connectivity index (χ1v) is 6.73. The Morgan fingerprint density at radius 3 is 2.62 bits per heavy atom. The fourth-order valence-electron chi connectivity index (χ4n) is 2.13. The molecule has 2 N–H and O–H groups in total. The predicted octanol–water partition coefficient (Wildman–Crippen LogP) is 3.14. The molecule has 0 atom stereocenters. The number of nitriles is 1. The summed E-state index contributed by atoms with van der Waals surface area (Å²) in [7, 11) is 0. The minimum absolute atomic E-state index is 0.138. The number of rotatable bonds is 4. The van der Waals surface area contributed by atoms with Crippen LogP contribution < -0.4 is 10.6 Å². The van der Waals surface area contributed by atoms with Crippen molar-refractivity contribution in [1.29, 1.82) is 5.26 Å². The minimum atomic E-state index is -0.138. The molecule has 0 saturated carbocycles. The molecule has 0 fully saturated rings. The number of hydrogen-bond donors (Lipinski definition) is 1. The van der Waals surface area contributed by atoms with E-state index in [4.69, 9.17) is 11.0 Å². The fraction of sp³-hybridized carbons (Fsp3) is 0.176. The quantitative estimate of drug-likeness (QED) is 0.874. The first-order valence-electron chi connectivity index (χ1n) is 6.73. The van der Waals surface area contributed by atoms with Crippen LogP contribution in [0, 0.1) is 18.3 Å². The lowest BCUT2D eigenvalue weighted by molar-refractivity contribution is 0.0987. The standard InChI is InChI=1S/C17H17N3O/c1-13-8-9-14(19)12-16(13)17(21)20(11-5-10-18)15-6-3-2-4-7-15/h2-4,6-9,12H,5,11,19H2,1H3. The fourth-order valence-corrected chi connectivity index (χ4v) is 2.13. The van der Waals surface area contributed by atoms with Crippen LogP contribution in [-0.4, -0.2) is 12.5 Å². The Morgan fingerprint density at radius 1 is 1.24 bits per heavy atom. The molecular weight excluding hydrogens is 262 g/mol. The molecule has 106 valence electrons. The molecule has 0 saturated heterocycles.